The van der Waals surface area contributed by atoms with E-state index in [1.807, 2.05) is 0 Å². The molecule has 1 aliphatic heterocycles. The van der Waals surface area contributed by atoms with Gasteiger partial charge in [-0.1, -0.05) is 12.1 Å². The zero-order chi connectivity index (χ0) is 17.6. The normalized spacial score (nSPS) is 12.8. The van der Waals surface area contributed by atoms with E-state index in [-0.39, 0.29) is 28.6 Å². The first kappa shape index (κ1) is 14.8. The van der Waals surface area contributed by atoms with Crippen molar-refractivity contribution in [3.63, 3.8) is 0 Å². The highest BCUT2D eigenvalue weighted by Crippen LogP contribution is 2.41. The number of ether oxygens (including phenoxy) is 1. The molecule has 25 heavy (non-hydrogen) atoms. The number of nitrogens with one attached hydrogen (secondary N) is 2. The molecule has 0 saturated carbocycles. The first-order valence-corrected chi connectivity index (χ1v) is 7.13. The van der Waals surface area contributed by atoms with Crippen molar-refractivity contribution in [2.75, 3.05) is 0 Å². The molecule has 0 bridgehead atoms. The van der Waals surface area contributed by atoms with Gasteiger partial charge in [0.05, 0.1) is 34.6 Å². The van der Waals surface area contributed by atoms with Crippen LogP contribution in [0.5, 0.6) is 11.8 Å². The lowest BCUT2D eigenvalue weighted by molar-refractivity contribution is -0.384. The highest BCUT2D eigenvalue weighted by molar-refractivity contribution is 5.53. The number of hydrogen-bond donors (Lipinski definition) is 2. The minimum Gasteiger partial charge on any atom is -0.419 e. The van der Waals surface area contributed by atoms with Gasteiger partial charge in [-0.2, -0.15) is 0 Å². The highest BCUT2D eigenvalue weighted by atomic mass is 16.6. The third-order valence-corrected chi connectivity index (χ3v) is 3.91. The van der Waals surface area contributed by atoms with Crippen LogP contribution in [-0.4, -0.2) is 24.9 Å². The van der Waals surface area contributed by atoms with Crippen molar-refractivity contribution < 1.29 is 9.66 Å². The number of benzene rings is 1. The zero-order valence-corrected chi connectivity index (χ0v) is 12.4. The molecule has 0 radical (unpaired) electrons. The fourth-order valence-electron chi connectivity index (χ4n) is 2.82. The molecule has 3 aromatic rings. The maximum Gasteiger partial charge on any atom is 0.269 e. The molecular weight excluding hydrogens is 330 g/mol. The zero-order valence-electron chi connectivity index (χ0n) is 12.4. The highest BCUT2D eigenvalue weighted by Gasteiger charge is 2.35. The van der Waals surface area contributed by atoms with E-state index >= 15 is 0 Å². The molecule has 1 aliphatic rings. The number of hydrogen-bond acceptors (Lipinski definition) is 7. The van der Waals surface area contributed by atoms with Gasteiger partial charge >= 0.3 is 0 Å². The largest absolute Gasteiger partial charge is 0.419 e. The Morgan fingerprint density at radius 2 is 1.48 bits per heavy atom. The lowest BCUT2D eigenvalue weighted by atomic mass is 9.85. The number of rotatable bonds is 2. The summed E-state index contributed by atoms with van der Waals surface area (Å²) in [6.07, 6.45) is 2.37. The molecule has 0 atom stereocenters. The Labute approximate surface area is 138 Å². The monoisotopic (exact) mass is 339 g/mol. The van der Waals surface area contributed by atoms with Crippen LogP contribution in [0.25, 0.3) is 0 Å². The van der Waals surface area contributed by atoms with Gasteiger partial charge < -0.3 is 14.7 Å². The van der Waals surface area contributed by atoms with Crippen LogP contribution in [0.3, 0.4) is 0 Å². The summed E-state index contributed by atoms with van der Waals surface area (Å²) >= 11 is 0. The number of nitro benzene ring substituents is 1. The second kappa shape index (κ2) is 5.37. The summed E-state index contributed by atoms with van der Waals surface area (Å²) in [4.78, 5) is 47.9. The smallest absolute Gasteiger partial charge is 0.269 e. The van der Waals surface area contributed by atoms with Gasteiger partial charge in [-0.15, -0.1) is 0 Å². The van der Waals surface area contributed by atoms with E-state index in [1.54, 1.807) is 0 Å². The molecule has 0 unspecified atom stereocenters. The van der Waals surface area contributed by atoms with Crippen LogP contribution in [0.1, 0.15) is 22.6 Å². The summed E-state index contributed by atoms with van der Waals surface area (Å²) < 4.78 is 5.48. The molecule has 3 heterocycles. The molecule has 124 valence electrons. The van der Waals surface area contributed by atoms with Crippen LogP contribution in [0.2, 0.25) is 0 Å². The summed E-state index contributed by atoms with van der Waals surface area (Å²) in [5, 5.41) is 10.8. The first-order valence-electron chi connectivity index (χ1n) is 7.13. The summed E-state index contributed by atoms with van der Waals surface area (Å²) in [6.45, 7) is 0. The minimum absolute atomic E-state index is 0.0395. The van der Waals surface area contributed by atoms with E-state index in [9.17, 15) is 19.7 Å². The maximum atomic E-state index is 12.3. The topological polar surface area (TPSA) is 144 Å². The molecule has 0 fully saturated rings. The summed E-state index contributed by atoms with van der Waals surface area (Å²) in [5.74, 6) is -0.732. The van der Waals surface area contributed by atoms with Crippen molar-refractivity contribution in [1.29, 1.82) is 0 Å². The Morgan fingerprint density at radius 3 is 1.96 bits per heavy atom. The van der Waals surface area contributed by atoms with Crippen LogP contribution < -0.4 is 15.9 Å². The van der Waals surface area contributed by atoms with Crippen molar-refractivity contribution >= 4 is 5.69 Å². The molecule has 0 saturated heterocycles. The predicted octanol–water partition coefficient (Wildman–Crippen LogP) is 1.05. The average molecular weight is 339 g/mol. The van der Waals surface area contributed by atoms with Gasteiger partial charge in [-0.3, -0.25) is 19.7 Å². The Morgan fingerprint density at radius 1 is 0.960 bits per heavy atom. The van der Waals surface area contributed by atoms with Crippen molar-refractivity contribution in [3.05, 3.63) is 84.4 Å². The number of aromatic amines is 2. The van der Waals surface area contributed by atoms with Gasteiger partial charge in [0.15, 0.2) is 0 Å². The molecular formula is C15H9N5O5. The average Bonchev–Trinajstić information content (AvgIpc) is 2.60. The number of aromatic nitrogens is 4. The van der Waals surface area contributed by atoms with E-state index in [4.69, 9.17) is 4.74 Å². The van der Waals surface area contributed by atoms with Gasteiger partial charge in [-0.25, -0.2) is 9.97 Å². The summed E-state index contributed by atoms with van der Waals surface area (Å²) in [7, 11) is 0. The van der Waals surface area contributed by atoms with Crippen molar-refractivity contribution in [1.82, 2.24) is 19.9 Å². The van der Waals surface area contributed by atoms with Crippen LogP contribution in [0.4, 0.5) is 5.69 Å². The van der Waals surface area contributed by atoms with Crippen LogP contribution in [-0.2, 0) is 0 Å². The van der Waals surface area contributed by atoms with Crippen molar-refractivity contribution in [2.24, 2.45) is 0 Å². The molecule has 0 amide bonds. The van der Waals surface area contributed by atoms with Gasteiger partial charge in [0.25, 0.3) is 16.8 Å². The fraction of sp³-hybridized carbons (Fsp3) is 0.0667. The third kappa shape index (κ3) is 2.27. The molecule has 0 spiro atoms. The number of H-pyrrole nitrogens is 2. The number of nitro groups is 1. The lowest BCUT2D eigenvalue weighted by Crippen LogP contribution is -2.29. The lowest BCUT2D eigenvalue weighted by Gasteiger charge is -2.24. The van der Waals surface area contributed by atoms with Crippen LogP contribution in [0, 0.1) is 10.1 Å². The summed E-state index contributed by atoms with van der Waals surface area (Å²) in [6, 6.07) is 5.58. The van der Waals surface area contributed by atoms with Crippen molar-refractivity contribution in [2.45, 2.75) is 5.92 Å². The number of nitrogens with zero attached hydrogens (tertiary/aromatic N) is 3. The Bertz CT molecular complexity index is 1040. The van der Waals surface area contributed by atoms with E-state index < -0.39 is 22.0 Å². The Kier molecular flexibility index (Phi) is 3.17. The van der Waals surface area contributed by atoms with Crippen LogP contribution in [0.15, 0.2) is 46.5 Å². The van der Waals surface area contributed by atoms with Gasteiger partial charge in [0.1, 0.15) is 0 Å². The second-order valence-corrected chi connectivity index (χ2v) is 5.28. The third-order valence-electron chi connectivity index (χ3n) is 3.91. The summed E-state index contributed by atoms with van der Waals surface area (Å²) in [5.41, 5.74) is -0.251. The molecule has 2 aromatic heterocycles. The van der Waals surface area contributed by atoms with Gasteiger partial charge in [0, 0.05) is 12.1 Å². The first-order chi connectivity index (χ1) is 12.1. The minimum atomic E-state index is -0.811. The molecule has 0 aliphatic carbocycles. The maximum absolute atomic E-state index is 12.3. The molecule has 10 heteroatoms. The molecule has 10 nitrogen and oxygen atoms in total. The molecule has 2 N–H and O–H groups in total. The van der Waals surface area contributed by atoms with E-state index in [1.165, 1.54) is 36.9 Å². The van der Waals surface area contributed by atoms with Gasteiger partial charge in [0.2, 0.25) is 11.8 Å². The Balaban J connectivity index is 2.00. The SMILES string of the molecule is O=c1[nH]cnc2c1C(c1ccc([N+](=O)[O-])cc1)c1c(nc[nH]c1=O)O2. The molecule has 4 rings (SSSR count). The number of fused-ring (bicyclic) bond motifs is 2. The van der Waals surface area contributed by atoms with E-state index in [0.717, 1.165) is 0 Å². The van der Waals surface area contributed by atoms with E-state index in [2.05, 4.69) is 19.9 Å². The second-order valence-electron chi connectivity index (χ2n) is 5.28. The van der Waals surface area contributed by atoms with Crippen LogP contribution >= 0.6 is 0 Å². The predicted molar refractivity (Wildman–Crippen MR) is 83.8 cm³/mol. The fourth-order valence-corrected chi connectivity index (χ4v) is 2.82. The quantitative estimate of drug-likeness (QED) is 0.410. The standard InChI is InChI=1S/C15H9N5O5/c21-12-10-9(7-1-3-8(4-2-7)20(23)24)11-13(22)17-6-19-15(11)25-14(10)18-5-16-12/h1-6,9H,(H,16,18,21)(H,17,19,22). The molecule has 1 aromatic carbocycles. The van der Waals surface area contributed by atoms with Gasteiger partial charge in [-0.05, 0) is 5.56 Å². The Hall–Kier alpha value is -3.82. The van der Waals surface area contributed by atoms with Crippen molar-refractivity contribution in [3.8, 4) is 11.8 Å². The van der Waals surface area contributed by atoms with E-state index in [0.29, 0.717) is 5.56 Å². The number of non-ortho nitro benzene ring substituents is 1.